The quantitative estimate of drug-likeness (QED) is 0.182. The largest absolute Gasteiger partial charge is 0.481 e. The summed E-state index contributed by atoms with van der Waals surface area (Å²) in [6.45, 7) is 1.54. The lowest BCUT2D eigenvalue weighted by Gasteiger charge is -2.17. The highest BCUT2D eigenvalue weighted by atomic mass is 79.9. The van der Waals surface area contributed by atoms with Crippen LogP contribution < -0.4 is 4.74 Å². The van der Waals surface area contributed by atoms with Gasteiger partial charge in [-0.2, -0.15) is 0 Å². The van der Waals surface area contributed by atoms with Crippen LogP contribution in [0.25, 0.3) is 5.69 Å². The van der Waals surface area contributed by atoms with Gasteiger partial charge in [-0.1, -0.05) is 45.2 Å². The third kappa shape index (κ3) is 5.33. The van der Waals surface area contributed by atoms with Gasteiger partial charge in [-0.25, -0.2) is 0 Å². The first-order valence-corrected chi connectivity index (χ1v) is 10.8. The molecule has 0 radical (unpaired) electrons. The fourth-order valence-corrected chi connectivity index (χ4v) is 4.49. The van der Waals surface area contributed by atoms with Gasteiger partial charge in [0, 0.05) is 25.7 Å². The smallest absolute Gasteiger partial charge is 0.220 e. The first kappa shape index (κ1) is 22.2. The van der Waals surface area contributed by atoms with Gasteiger partial charge in [-0.15, -0.1) is 16.6 Å². The Labute approximate surface area is 191 Å². The number of ether oxygens (including phenoxy) is 1. The highest BCUT2D eigenvalue weighted by Gasteiger charge is 2.27. The van der Waals surface area contributed by atoms with Gasteiger partial charge in [0.15, 0.2) is 5.16 Å². The van der Waals surface area contributed by atoms with Gasteiger partial charge in [-0.05, 0) is 49.4 Å². The molecule has 154 valence electrons. The second-order valence-electron chi connectivity index (χ2n) is 6.14. The highest BCUT2D eigenvalue weighted by molar-refractivity contribution is 9.10. The van der Waals surface area contributed by atoms with E-state index >= 15 is 0 Å². The zero-order chi connectivity index (χ0) is 21.7. The summed E-state index contributed by atoms with van der Waals surface area (Å²) in [5.74, 6) is 3.56. The third-order valence-corrected chi connectivity index (χ3v) is 5.98. The van der Waals surface area contributed by atoms with Crippen molar-refractivity contribution in [2.24, 2.45) is 0 Å². The topological polar surface area (TPSA) is 83.1 Å². The minimum absolute atomic E-state index is 0.0601. The van der Waals surface area contributed by atoms with Crippen LogP contribution in [0, 0.1) is 29.4 Å². The predicted molar refractivity (Wildman–Crippen MR) is 120 cm³/mol. The molecule has 0 saturated carbocycles. The molecule has 1 aromatic heterocycles. The Morgan fingerprint density at radius 1 is 1.33 bits per heavy atom. The number of hydrogen-bond acceptors (Lipinski definition) is 6. The molecule has 0 saturated heterocycles. The van der Waals surface area contributed by atoms with E-state index in [2.05, 4.69) is 32.0 Å². The average Bonchev–Trinajstić information content (AvgIpc) is 3.07. The Bertz CT molecular complexity index is 1100. The molecule has 0 fully saturated rings. The van der Waals surface area contributed by atoms with Crippen molar-refractivity contribution in [1.82, 2.24) is 14.8 Å². The molecule has 7 nitrogen and oxygen atoms in total. The van der Waals surface area contributed by atoms with Crippen LogP contribution in [0.4, 0.5) is 0 Å². The maximum Gasteiger partial charge on any atom is 0.220 e. The Balaban J connectivity index is 2.02. The number of terminal acetylenes is 1. The molecule has 0 aliphatic heterocycles. The van der Waals surface area contributed by atoms with Gasteiger partial charge < -0.3 is 4.74 Å². The van der Waals surface area contributed by atoms with E-state index < -0.39 is 5.25 Å². The van der Waals surface area contributed by atoms with E-state index in [9.17, 15) is 10.1 Å². The fraction of sp³-hybridized carbons (Fsp3) is 0.200. The van der Waals surface area contributed by atoms with Gasteiger partial charge in [0.1, 0.15) is 23.4 Å². The van der Waals surface area contributed by atoms with Crippen molar-refractivity contribution in [3.63, 3.8) is 0 Å². The van der Waals surface area contributed by atoms with Gasteiger partial charge in [0.05, 0.1) is 0 Å². The van der Waals surface area contributed by atoms with Crippen LogP contribution in [0.15, 0.2) is 52.1 Å². The van der Waals surface area contributed by atoms with E-state index in [1.807, 2.05) is 23.6 Å². The molecule has 0 N–H and O–H groups in total. The Kier molecular flexibility index (Phi) is 7.37. The summed E-state index contributed by atoms with van der Waals surface area (Å²) in [4.78, 5) is 11.1. The van der Waals surface area contributed by atoms with Crippen molar-refractivity contribution < 1.29 is 9.66 Å². The zero-order valence-electron chi connectivity index (χ0n) is 15.8. The van der Waals surface area contributed by atoms with Crippen LogP contribution in [-0.2, 0) is 0 Å². The molecule has 2 aromatic carbocycles. The lowest BCUT2D eigenvalue weighted by atomic mass is 10.1. The number of aromatic nitrogens is 3. The van der Waals surface area contributed by atoms with Crippen molar-refractivity contribution in [2.45, 2.75) is 17.3 Å². The SMILES string of the molecule is C#CCOc1ccc(Br)cc1[C@H](C[N+](=O)[O-])Sc1nnc(C)n1-c1ccc(Cl)cc1. The van der Waals surface area contributed by atoms with Crippen LogP contribution in [0.2, 0.25) is 5.02 Å². The van der Waals surface area contributed by atoms with E-state index in [-0.39, 0.29) is 18.1 Å². The first-order chi connectivity index (χ1) is 14.4. The third-order valence-electron chi connectivity index (χ3n) is 4.07. The summed E-state index contributed by atoms with van der Waals surface area (Å²) in [5, 5.41) is 20.4. The lowest BCUT2D eigenvalue weighted by Crippen LogP contribution is -2.12. The molecule has 3 aromatic rings. The van der Waals surface area contributed by atoms with Crippen LogP contribution in [-0.4, -0.2) is 32.8 Å². The van der Waals surface area contributed by atoms with Crippen molar-refractivity contribution in [1.29, 1.82) is 0 Å². The molecule has 30 heavy (non-hydrogen) atoms. The maximum absolute atomic E-state index is 11.4. The van der Waals surface area contributed by atoms with E-state index in [1.54, 1.807) is 30.3 Å². The molecule has 10 heteroatoms. The molecular weight excluding hydrogens is 492 g/mol. The molecule has 0 aliphatic rings. The maximum atomic E-state index is 11.4. The molecule has 1 heterocycles. The van der Waals surface area contributed by atoms with Crippen molar-refractivity contribution in [3.05, 3.63) is 73.5 Å². The standard InChI is InChI=1S/C20H16BrClN4O3S/c1-3-10-29-18-9-4-14(21)11-17(18)19(12-25(27)28)30-20-24-23-13(2)26(20)16-7-5-15(22)6-8-16/h1,4-9,11,19H,10,12H2,2H3/t19-/m0/s1. The second-order valence-corrected chi connectivity index (χ2v) is 8.66. The Hall–Kier alpha value is -2.54. The fourth-order valence-electron chi connectivity index (χ4n) is 2.79. The van der Waals surface area contributed by atoms with Crippen molar-refractivity contribution in [2.75, 3.05) is 13.2 Å². The van der Waals surface area contributed by atoms with E-state index in [0.29, 0.717) is 27.3 Å². The molecule has 0 aliphatic carbocycles. The Morgan fingerprint density at radius 3 is 2.73 bits per heavy atom. The number of rotatable bonds is 8. The number of nitrogens with zero attached hydrogens (tertiary/aromatic N) is 4. The summed E-state index contributed by atoms with van der Waals surface area (Å²) >= 11 is 10.7. The summed E-state index contributed by atoms with van der Waals surface area (Å²) < 4.78 is 8.22. The number of aryl methyl sites for hydroxylation is 1. The van der Waals surface area contributed by atoms with Gasteiger partial charge >= 0.3 is 0 Å². The summed E-state index contributed by atoms with van der Waals surface area (Å²) in [6, 6.07) is 12.5. The van der Waals surface area contributed by atoms with Crippen LogP contribution in [0.5, 0.6) is 5.75 Å². The predicted octanol–water partition coefficient (Wildman–Crippen LogP) is 5.11. The summed E-state index contributed by atoms with van der Waals surface area (Å²) in [5.41, 5.74) is 1.45. The second kappa shape index (κ2) is 9.98. The summed E-state index contributed by atoms with van der Waals surface area (Å²) in [7, 11) is 0. The number of thioether (sulfide) groups is 1. The molecule has 0 spiro atoms. The van der Waals surface area contributed by atoms with Gasteiger partial charge in [0.25, 0.3) is 0 Å². The highest BCUT2D eigenvalue weighted by Crippen LogP contribution is 2.41. The van der Waals surface area contributed by atoms with Crippen LogP contribution in [0.1, 0.15) is 16.6 Å². The molecular formula is C20H16BrClN4O3S. The number of nitro groups is 1. The molecule has 1 atom stereocenters. The number of benzene rings is 2. The van der Waals surface area contributed by atoms with Crippen LogP contribution in [0.3, 0.4) is 0 Å². The molecule has 3 rings (SSSR count). The van der Waals surface area contributed by atoms with E-state index in [1.165, 1.54) is 11.8 Å². The van der Waals surface area contributed by atoms with Crippen LogP contribution >= 0.6 is 39.3 Å². The minimum Gasteiger partial charge on any atom is -0.481 e. The van der Waals surface area contributed by atoms with E-state index in [0.717, 1.165) is 10.2 Å². The minimum atomic E-state index is -0.583. The number of hydrogen-bond donors (Lipinski definition) is 0. The molecule has 0 amide bonds. The number of halogens is 2. The monoisotopic (exact) mass is 506 g/mol. The summed E-state index contributed by atoms with van der Waals surface area (Å²) in [6.07, 6.45) is 5.31. The average molecular weight is 508 g/mol. The first-order valence-electron chi connectivity index (χ1n) is 8.71. The normalized spacial score (nSPS) is 11.7. The van der Waals surface area contributed by atoms with Gasteiger partial charge in [0.2, 0.25) is 6.54 Å². The van der Waals surface area contributed by atoms with Gasteiger partial charge in [-0.3, -0.25) is 14.7 Å². The lowest BCUT2D eigenvalue weighted by molar-refractivity contribution is -0.479. The molecule has 0 unspecified atom stereocenters. The van der Waals surface area contributed by atoms with Crippen molar-refractivity contribution >= 4 is 39.3 Å². The van der Waals surface area contributed by atoms with Crippen molar-refractivity contribution in [3.8, 4) is 23.8 Å². The van der Waals surface area contributed by atoms with E-state index in [4.69, 9.17) is 22.8 Å². The molecule has 0 bridgehead atoms. The zero-order valence-corrected chi connectivity index (χ0v) is 18.9. The Morgan fingerprint density at radius 2 is 2.07 bits per heavy atom.